The molecule has 0 aromatic rings. The van der Waals surface area contributed by atoms with Crippen molar-refractivity contribution in [1.29, 1.82) is 0 Å². The summed E-state index contributed by atoms with van der Waals surface area (Å²) in [6.07, 6.45) is 5.04. The molecule has 15 heavy (non-hydrogen) atoms. The van der Waals surface area contributed by atoms with Gasteiger partial charge in [-0.3, -0.25) is 4.79 Å². The Bertz CT molecular complexity index is 212. The fourth-order valence-electron chi connectivity index (χ4n) is 2.12. The monoisotopic (exact) mass is 212 g/mol. The van der Waals surface area contributed by atoms with Gasteiger partial charge < -0.3 is 11.1 Å². The SMILES string of the molecule is CC(C)(C)NC(=O)CC1CCC(N)CC1. The highest BCUT2D eigenvalue weighted by Gasteiger charge is 2.22. The number of hydrogen-bond donors (Lipinski definition) is 2. The van der Waals surface area contributed by atoms with Crippen molar-refractivity contribution in [1.82, 2.24) is 5.32 Å². The molecular weight excluding hydrogens is 188 g/mol. The molecule has 3 N–H and O–H groups in total. The van der Waals surface area contributed by atoms with Gasteiger partial charge in [-0.05, 0) is 52.4 Å². The second-order valence-corrected chi connectivity index (χ2v) is 5.78. The third-order valence-electron chi connectivity index (χ3n) is 2.88. The standard InChI is InChI=1S/C12H24N2O/c1-12(2,3)14-11(15)8-9-4-6-10(13)7-5-9/h9-10H,4-8,13H2,1-3H3,(H,14,15). The second-order valence-electron chi connectivity index (χ2n) is 5.78. The Hall–Kier alpha value is -0.570. The minimum Gasteiger partial charge on any atom is -0.352 e. The molecule has 0 aliphatic heterocycles. The predicted molar refractivity (Wildman–Crippen MR) is 62.4 cm³/mol. The van der Waals surface area contributed by atoms with Crippen LogP contribution in [0, 0.1) is 5.92 Å². The van der Waals surface area contributed by atoms with Crippen LogP contribution < -0.4 is 11.1 Å². The highest BCUT2D eigenvalue weighted by Crippen LogP contribution is 2.25. The zero-order valence-electron chi connectivity index (χ0n) is 10.2. The second kappa shape index (κ2) is 4.97. The van der Waals surface area contributed by atoms with Crippen molar-refractivity contribution in [3.8, 4) is 0 Å². The molecule has 0 saturated heterocycles. The molecule has 1 aliphatic rings. The van der Waals surface area contributed by atoms with E-state index in [1.807, 2.05) is 20.8 Å². The number of carbonyl (C=O) groups is 1. The van der Waals surface area contributed by atoms with E-state index in [0.29, 0.717) is 18.4 Å². The van der Waals surface area contributed by atoms with E-state index in [1.165, 1.54) is 0 Å². The van der Waals surface area contributed by atoms with Gasteiger partial charge in [-0.15, -0.1) is 0 Å². The van der Waals surface area contributed by atoms with Crippen LogP contribution in [0.4, 0.5) is 0 Å². The van der Waals surface area contributed by atoms with Crippen LogP contribution in [0.1, 0.15) is 52.9 Å². The molecule has 3 nitrogen and oxygen atoms in total. The Morgan fingerprint density at radius 2 is 1.80 bits per heavy atom. The van der Waals surface area contributed by atoms with Crippen LogP contribution in [0.5, 0.6) is 0 Å². The molecule has 1 aliphatic carbocycles. The van der Waals surface area contributed by atoms with E-state index in [1.54, 1.807) is 0 Å². The third kappa shape index (κ3) is 5.17. The summed E-state index contributed by atoms with van der Waals surface area (Å²) in [5.41, 5.74) is 5.72. The van der Waals surface area contributed by atoms with Gasteiger partial charge in [0, 0.05) is 18.0 Å². The van der Waals surface area contributed by atoms with E-state index >= 15 is 0 Å². The number of rotatable bonds is 2. The Kier molecular flexibility index (Phi) is 4.14. The van der Waals surface area contributed by atoms with Crippen molar-refractivity contribution in [2.45, 2.75) is 64.5 Å². The number of nitrogens with two attached hydrogens (primary N) is 1. The minimum absolute atomic E-state index is 0.109. The lowest BCUT2D eigenvalue weighted by molar-refractivity contribution is -0.123. The molecule has 0 spiro atoms. The lowest BCUT2D eigenvalue weighted by atomic mass is 9.84. The van der Waals surface area contributed by atoms with Gasteiger partial charge in [-0.25, -0.2) is 0 Å². The third-order valence-corrected chi connectivity index (χ3v) is 2.88. The number of hydrogen-bond acceptors (Lipinski definition) is 2. The molecule has 1 saturated carbocycles. The molecule has 1 rings (SSSR count). The molecule has 88 valence electrons. The van der Waals surface area contributed by atoms with Crippen molar-refractivity contribution in [3.63, 3.8) is 0 Å². The van der Waals surface area contributed by atoms with Gasteiger partial charge in [-0.1, -0.05) is 0 Å². The zero-order chi connectivity index (χ0) is 11.5. The molecule has 0 heterocycles. The number of amides is 1. The maximum absolute atomic E-state index is 11.7. The van der Waals surface area contributed by atoms with Gasteiger partial charge in [0.05, 0.1) is 0 Å². The molecule has 0 atom stereocenters. The summed E-state index contributed by atoms with van der Waals surface area (Å²) in [6, 6.07) is 0.368. The molecule has 0 unspecified atom stereocenters. The summed E-state index contributed by atoms with van der Waals surface area (Å²) in [4.78, 5) is 11.7. The zero-order valence-corrected chi connectivity index (χ0v) is 10.2. The highest BCUT2D eigenvalue weighted by molar-refractivity contribution is 5.76. The van der Waals surface area contributed by atoms with E-state index in [-0.39, 0.29) is 11.4 Å². The summed E-state index contributed by atoms with van der Waals surface area (Å²) in [7, 11) is 0. The first-order chi connectivity index (χ1) is 6.87. The molecule has 0 radical (unpaired) electrons. The van der Waals surface area contributed by atoms with E-state index < -0.39 is 0 Å². The Labute approximate surface area is 92.8 Å². The number of carbonyl (C=O) groups excluding carboxylic acids is 1. The van der Waals surface area contributed by atoms with Crippen LogP contribution in [0.15, 0.2) is 0 Å². The van der Waals surface area contributed by atoms with Crippen molar-refractivity contribution in [2.75, 3.05) is 0 Å². The molecule has 0 aromatic carbocycles. The van der Waals surface area contributed by atoms with Crippen molar-refractivity contribution in [3.05, 3.63) is 0 Å². The molecule has 1 fully saturated rings. The van der Waals surface area contributed by atoms with Crippen LogP contribution in [-0.2, 0) is 4.79 Å². The van der Waals surface area contributed by atoms with Crippen LogP contribution in [0.25, 0.3) is 0 Å². The molecular formula is C12H24N2O. The summed E-state index contributed by atoms with van der Waals surface area (Å²) >= 11 is 0. The number of nitrogens with one attached hydrogen (secondary N) is 1. The largest absolute Gasteiger partial charge is 0.352 e. The maximum atomic E-state index is 11.7. The van der Waals surface area contributed by atoms with Gasteiger partial charge in [0.15, 0.2) is 0 Å². The van der Waals surface area contributed by atoms with Crippen LogP contribution in [0.3, 0.4) is 0 Å². The fraction of sp³-hybridized carbons (Fsp3) is 0.917. The molecule has 1 amide bonds. The van der Waals surface area contributed by atoms with Gasteiger partial charge >= 0.3 is 0 Å². The van der Waals surface area contributed by atoms with E-state index in [4.69, 9.17) is 5.73 Å². The quantitative estimate of drug-likeness (QED) is 0.733. The highest BCUT2D eigenvalue weighted by atomic mass is 16.1. The first-order valence-corrected chi connectivity index (χ1v) is 5.93. The van der Waals surface area contributed by atoms with Crippen LogP contribution in [-0.4, -0.2) is 17.5 Å². The summed E-state index contributed by atoms with van der Waals surface area (Å²) in [5.74, 6) is 0.732. The lowest BCUT2D eigenvalue weighted by Crippen LogP contribution is -2.41. The van der Waals surface area contributed by atoms with Gasteiger partial charge in [-0.2, -0.15) is 0 Å². The Balaban J connectivity index is 2.27. The molecule has 3 heteroatoms. The van der Waals surface area contributed by atoms with Gasteiger partial charge in [0.25, 0.3) is 0 Å². The first-order valence-electron chi connectivity index (χ1n) is 5.93. The average Bonchev–Trinajstić information content (AvgIpc) is 2.05. The van der Waals surface area contributed by atoms with E-state index in [9.17, 15) is 4.79 Å². The van der Waals surface area contributed by atoms with Gasteiger partial charge in [0.2, 0.25) is 5.91 Å². The smallest absolute Gasteiger partial charge is 0.220 e. The molecule has 0 aromatic heterocycles. The fourth-order valence-corrected chi connectivity index (χ4v) is 2.12. The predicted octanol–water partition coefficient (Wildman–Crippen LogP) is 1.81. The first kappa shape index (κ1) is 12.5. The minimum atomic E-state index is -0.109. The Morgan fingerprint density at radius 1 is 1.27 bits per heavy atom. The average molecular weight is 212 g/mol. The van der Waals surface area contributed by atoms with E-state index in [0.717, 1.165) is 25.7 Å². The lowest BCUT2D eigenvalue weighted by Gasteiger charge is -2.27. The summed E-state index contributed by atoms with van der Waals surface area (Å²) in [6.45, 7) is 6.05. The summed E-state index contributed by atoms with van der Waals surface area (Å²) < 4.78 is 0. The maximum Gasteiger partial charge on any atom is 0.220 e. The topological polar surface area (TPSA) is 55.1 Å². The van der Waals surface area contributed by atoms with Crippen LogP contribution in [0.2, 0.25) is 0 Å². The van der Waals surface area contributed by atoms with Crippen molar-refractivity contribution >= 4 is 5.91 Å². The normalized spacial score (nSPS) is 27.5. The summed E-state index contributed by atoms with van der Waals surface area (Å²) in [5, 5.41) is 3.01. The van der Waals surface area contributed by atoms with Gasteiger partial charge in [0.1, 0.15) is 0 Å². The van der Waals surface area contributed by atoms with Crippen molar-refractivity contribution in [2.24, 2.45) is 11.7 Å². The molecule has 0 bridgehead atoms. The van der Waals surface area contributed by atoms with Crippen molar-refractivity contribution < 1.29 is 4.79 Å². The van der Waals surface area contributed by atoms with Crippen LogP contribution >= 0.6 is 0 Å². The Morgan fingerprint density at radius 3 is 2.27 bits per heavy atom. The van der Waals surface area contributed by atoms with E-state index in [2.05, 4.69) is 5.32 Å².